The van der Waals surface area contributed by atoms with Gasteiger partial charge in [0.15, 0.2) is 0 Å². The van der Waals surface area contributed by atoms with Crippen LogP contribution >= 0.6 is 23.2 Å². The summed E-state index contributed by atoms with van der Waals surface area (Å²) < 4.78 is 1.55. The van der Waals surface area contributed by atoms with E-state index in [2.05, 4.69) is 23.7 Å². The maximum atomic E-state index is 12.3. The summed E-state index contributed by atoms with van der Waals surface area (Å²) in [6.07, 6.45) is 2.73. The average Bonchev–Trinajstić information content (AvgIpc) is 2.63. The highest BCUT2D eigenvalue weighted by atomic mass is 35.5. The van der Waals surface area contributed by atoms with Gasteiger partial charge in [0.1, 0.15) is 5.65 Å². The van der Waals surface area contributed by atoms with Crippen LogP contribution < -0.4 is 5.56 Å². The molecule has 0 N–H and O–H groups in total. The molecule has 2 heterocycles. The van der Waals surface area contributed by atoms with Crippen molar-refractivity contribution in [2.75, 3.05) is 6.54 Å². The molecule has 0 bridgehead atoms. The first-order chi connectivity index (χ1) is 12.5. The highest BCUT2D eigenvalue weighted by molar-refractivity contribution is 6.42. The Hall–Kier alpha value is -1.88. The topological polar surface area (TPSA) is 37.6 Å². The minimum atomic E-state index is -0.0655. The number of halogens is 2. The van der Waals surface area contributed by atoms with Gasteiger partial charge >= 0.3 is 0 Å². The molecule has 3 aromatic rings. The van der Waals surface area contributed by atoms with Crippen molar-refractivity contribution in [3.8, 4) is 0 Å². The number of nitrogens with zero attached hydrogens (tertiary/aromatic N) is 3. The van der Waals surface area contributed by atoms with Crippen LogP contribution in [0.2, 0.25) is 10.0 Å². The van der Waals surface area contributed by atoms with Gasteiger partial charge in [-0.3, -0.25) is 14.1 Å². The molecule has 0 aliphatic carbocycles. The summed E-state index contributed by atoms with van der Waals surface area (Å²) in [5, 5.41) is 1.10. The van der Waals surface area contributed by atoms with Gasteiger partial charge in [0, 0.05) is 24.8 Å². The molecule has 136 valence electrons. The maximum absolute atomic E-state index is 12.3. The van der Waals surface area contributed by atoms with Crippen LogP contribution in [0.4, 0.5) is 0 Å². The van der Waals surface area contributed by atoms with E-state index in [1.54, 1.807) is 16.7 Å². The quantitative estimate of drug-likeness (QED) is 0.596. The molecular weight excluding hydrogens is 369 g/mol. The largest absolute Gasteiger partial charge is 0.291 e. The van der Waals surface area contributed by atoms with E-state index in [1.807, 2.05) is 36.4 Å². The van der Waals surface area contributed by atoms with Gasteiger partial charge in [-0.1, -0.05) is 42.3 Å². The summed E-state index contributed by atoms with van der Waals surface area (Å²) in [5.41, 5.74) is 2.45. The Balaban J connectivity index is 1.90. The molecule has 26 heavy (non-hydrogen) atoms. The van der Waals surface area contributed by atoms with E-state index in [-0.39, 0.29) is 11.6 Å². The molecule has 0 saturated heterocycles. The van der Waals surface area contributed by atoms with Crippen molar-refractivity contribution in [1.29, 1.82) is 0 Å². The van der Waals surface area contributed by atoms with Crippen LogP contribution in [0.1, 0.15) is 37.6 Å². The molecule has 0 saturated carbocycles. The number of fused-ring (bicyclic) bond motifs is 1. The number of rotatable bonds is 6. The van der Waals surface area contributed by atoms with Crippen LogP contribution in [0.5, 0.6) is 0 Å². The van der Waals surface area contributed by atoms with Gasteiger partial charge in [-0.15, -0.1) is 0 Å². The lowest BCUT2D eigenvalue weighted by atomic mass is 10.1. The number of hydrogen-bond acceptors (Lipinski definition) is 3. The normalized spacial score (nSPS) is 12.7. The zero-order valence-corrected chi connectivity index (χ0v) is 16.3. The lowest BCUT2D eigenvalue weighted by Crippen LogP contribution is -2.29. The fourth-order valence-corrected chi connectivity index (χ4v) is 3.38. The minimum Gasteiger partial charge on any atom is -0.291 e. The molecule has 0 amide bonds. The molecular formula is C20H21Cl2N3O. The SMILES string of the molecule is CCCN(Cc1cc(=O)n2ccccc2n1)[C@@H](C)c1ccc(Cl)c(Cl)c1. The molecule has 1 atom stereocenters. The highest BCUT2D eigenvalue weighted by Gasteiger charge is 2.17. The van der Waals surface area contributed by atoms with Crippen LogP contribution in [0, 0.1) is 0 Å². The molecule has 0 fully saturated rings. The van der Waals surface area contributed by atoms with E-state index in [0.717, 1.165) is 24.2 Å². The molecule has 0 unspecified atom stereocenters. The zero-order chi connectivity index (χ0) is 18.7. The Morgan fingerprint density at radius 3 is 2.69 bits per heavy atom. The molecule has 2 aromatic heterocycles. The third kappa shape index (κ3) is 4.09. The first-order valence-corrected chi connectivity index (χ1v) is 9.41. The third-order valence-electron chi connectivity index (χ3n) is 4.47. The van der Waals surface area contributed by atoms with Crippen molar-refractivity contribution in [3.05, 3.63) is 80.3 Å². The van der Waals surface area contributed by atoms with E-state index < -0.39 is 0 Å². The second kappa shape index (κ2) is 8.21. The lowest BCUT2D eigenvalue weighted by Gasteiger charge is -2.29. The number of hydrogen-bond donors (Lipinski definition) is 0. The van der Waals surface area contributed by atoms with Gasteiger partial charge < -0.3 is 0 Å². The maximum Gasteiger partial charge on any atom is 0.258 e. The Morgan fingerprint density at radius 2 is 1.96 bits per heavy atom. The van der Waals surface area contributed by atoms with Gasteiger partial charge in [-0.05, 0) is 49.7 Å². The van der Waals surface area contributed by atoms with Crippen molar-refractivity contribution in [1.82, 2.24) is 14.3 Å². The van der Waals surface area contributed by atoms with Crippen molar-refractivity contribution in [2.24, 2.45) is 0 Å². The van der Waals surface area contributed by atoms with Crippen molar-refractivity contribution < 1.29 is 0 Å². The molecule has 1 aromatic carbocycles. The monoisotopic (exact) mass is 389 g/mol. The predicted molar refractivity (Wildman–Crippen MR) is 107 cm³/mol. The summed E-state index contributed by atoms with van der Waals surface area (Å²) in [6.45, 7) is 5.74. The Kier molecular flexibility index (Phi) is 5.97. The second-order valence-corrected chi connectivity index (χ2v) is 7.15. The van der Waals surface area contributed by atoms with E-state index >= 15 is 0 Å². The van der Waals surface area contributed by atoms with E-state index in [1.165, 1.54) is 0 Å². The summed E-state index contributed by atoms with van der Waals surface area (Å²) in [6, 6.07) is 13.0. The molecule has 0 spiro atoms. The van der Waals surface area contributed by atoms with Crippen molar-refractivity contribution in [3.63, 3.8) is 0 Å². The van der Waals surface area contributed by atoms with Gasteiger partial charge in [-0.2, -0.15) is 0 Å². The van der Waals surface area contributed by atoms with Gasteiger partial charge in [0.05, 0.1) is 15.7 Å². The average molecular weight is 390 g/mol. The van der Waals surface area contributed by atoms with Crippen LogP contribution in [0.3, 0.4) is 0 Å². The third-order valence-corrected chi connectivity index (χ3v) is 5.21. The van der Waals surface area contributed by atoms with E-state index in [4.69, 9.17) is 23.2 Å². The number of aromatic nitrogens is 2. The summed E-state index contributed by atoms with van der Waals surface area (Å²) in [7, 11) is 0. The predicted octanol–water partition coefficient (Wildman–Crippen LogP) is 4.97. The van der Waals surface area contributed by atoms with Crippen molar-refractivity contribution in [2.45, 2.75) is 32.9 Å². The fourth-order valence-electron chi connectivity index (χ4n) is 3.07. The first kappa shape index (κ1) is 18.9. The summed E-state index contributed by atoms with van der Waals surface area (Å²) >= 11 is 12.2. The zero-order valence-electron chi connectivity index (χ0n) is 14.8. The summed E-state index contributed by atoms with van der Waals surface area (Å²) in [5.74, 6) is 0. The van der Waals surface area contributed by atoms with E-state index in [0.29, 0.717) is 22.2 Å². The molecule has 0 aliphatic heterocycles. The fraction of sp³-hybridized carbons (Fsp3) is 0.300. The van der Waals surface area contributed by atoms with Crippen LogP contribution in [-0.2, 0) is 6.54 Å². The minimum absolute atomic E-state index is 0.0655. The van der Waals surface area contributed by atoms with Gasteiger partial charge in [-0.25, -0.2) is 4.98 Å². The Labute approximate surface area is 163 Å². The highest BCUT2D eigenvalue weighted by Crippen LogP contribution is 2.29. The van der Waals surface area contributed by atoms with Crippen LogP contribution in [-0.4, -0.2) is 20.8 Å². The lowest BCUT2D eigenvalue weighted by molar-refractivity contribution is 0.199. The molecule has 3 rings (SSSR count). The molecule has 4 nitrogen and oxygen atoms in total. The van der Waals surface area contributed by atoms with E-state index in [9.17, 15) is 4.79 Å². The Morgan fingerprint density at radius 1 is 1.15 bits per heavy atom. The second-order valence-electron chi connectivity index (χ2n) is 6.33. The molecule has 6 heteroatoms. The Bertz CT molecular complexity index is 971. The van der Waals surface area contributed by atoms with Crippen LogP contribution in [0.25, 0.3) is 5.65 Å². The number of benzene rings is 1. The smallest absolute Gasteiger partial charge is 0.258 e. The van der Waals surface area contributed by atoms with Gasteiger partial charge in [0.25, 0.3) is 5.56 Å². The molecule has 0 aliphatic rings. The van der Waals surface area contributed by atoms with Gasteiger partial charge in [0.2, 0.25) is 0 Å². The first-order valence-electron chi connectivity index (χ1n) is 8.66. The molecule has 0 radical (unpaired) electrons. The summed E-state index contributed by atoms with van der Waals surface area (Å²) in [4.78, 5) is 19.3. The standard InChI is InChI=1S/C20H21Cl2N3O/c1-3-9-24(14(2)15-7-8-17(21)18(22)11-15)13-16-12-20(26)25-10-5-4-6-19(25)23-16/h4-8,10-12,14H,3,9,13H2,1-2H3/t14-/m0/s1. The van der Waals surface area contributed by atoms with Crippen molar-refractivity contribution >= 4 is 28.8 Å². The number of pyridine rings is 1. The van der Waals surface area contributed by atoms with Crippen LogP contribution in [0.15, 0.2) is 53.5 Å².